The van der Waals surface area contributed by atoms with E-state index in [2.05, 4.69) is 5.32 Å². The zero-order valence-corrected chi connectivity index (χ0v) is 12.8. The van der Waals surface area contributed by atoms with Crippen molar-refractivity contribution in [2.24, 2.45) is 17.1 Å². The minimum atomic E-state index is 0.141. The number of ether oxygens (including phenoxy) is 1. The molecular weight excluding hydrogens is 252 g/mol. The van der Waals surface area contributed by atoms with Crippen molar-refractivity contribution in [1.29, 1.82) is 0 Å². The number of amides is 1. The Labute approximate surface area is 122 Å². The van der Waals surface area contributed by atoms with E-state index in [0.29, 0.717) is 5.41 Å². The van der Waals surface area contributed by atoms with Gasteiger partial charge in [-0.25, -0.2) is 0 Å². The van der Waals surface area contributed by atoms with Crippen molar-refractivity contribution in [3.8, 4) is 0 Å². The summed E-state index contributed by atoms with van der Waals surface area (Å²) in [4.78, 5) is 12.3. The smallest absolute Gasteiger partial charge is 0.223 e. The van der Waals surface area contributed by atoms with Crippen molar-refractivity contribution >= 4 is 5.91 Å². The van der Waals surface area contributed by atoms with E-state index in [-0.39, 0.29) is 17.9 Å². The first kappa shape index (κ1) is 15.8. The molecule has 3 N–H and O–H groups in total. The first-order valence-corrected chi connectivity index (χ1v) is 8.26. The van der Waals surface area contributed by atoms with E-state index >= 15 is 0 Å². The number of hydrogen-bond donors (Lipinski definition) is 2. The summed E-state index contributed by atoms with van der Waals surface area (Å²) in [5.41, 5.74) is 6.27. The largest absolute Gasteiger partial charge is 0.382 e. The fourth-order valence-corrected chi connectivity index (χ4v) is 3.51. The summed E-state index contributed by atoms with van der Waals surface area (Å²) >= 11 is 0. The van der Waals surface area contributed by atoms with Gasteiger partial charge < -0.3 is 15.8 Å². The summed E-state index contributed by atoms with van der Waals surface area (Å²) in [6.07, 6.45) is 8.84. The second-order valence-corrected chi connectivity index (χ2v) is 6.64. The summed E-state index contributed by atoms with van der Waals surface area (Å²) < 4.78 is 5.47. The van der Waals surface area contributed by atoms with Gasteiger partial charge in [-0.3, -0.25) is 4.79 Å². The SMILES string of the molecule is CCOCCC1(CNC(=O)C2CCCC(N)C2)CCC1. The normalized spacial score (nSPS) is 28.7. The van der Waals surface area contributed by atoms with Crippen molar-refractivity contribution in [2.75, 3.05) is 19.8 Å². The molecule has 2 aliphatic rings. The van der Waals surface area contributed by atoms with E-state index in [4.69, 9.17) is 10.5 Å². The van der Waals surface area contributed by atoms with E-state index in [1.807, 2.05) is 6.92 Å². The second-order valence-electron chi connectivity index (χ2n) is 6.64. The quantitative estimate of drug-likeness (QED) is 0.704. The van der Waals surface area contributed by atoms with Crippen LogP contribution in [0.15, 0.2) is 0 Å². The molecule has 20 heavy (non-hydrogen) atoms. The number of nitrogens with two attached hydrogens (primary N) is 1. The topological polar surface area (TPSA) is 64.3 Å². The lowest BCUT2D eigenvalue weighted by atomic mass is 9.66. The van der Waals surface area contributed by atoms with E-state index in [1.165, 1.54) is 19.3 Å². The lowest BCUT2D eigenvalue weighted by molar-refractivity contribution is -0.127. The number of rotatable bonds is 7. The van der Waals surface area contributed by atoms with Crippen LogP contribution >= 0.6 is 0 Å². The molecule has 116 valence electrons. The van der Waals surface area contributed by atoms with E-state index < -0.39 is 0 Å². The van der Waals surface area contributed by atoms with Crippen molar-refractivity contribution < 1.29 is 9.53 Å². The molecule has 4 heteroatoms. The van der Waals surface area contributed by atoms with Crippen LogP contribution < -0.4 is 11.1 Å². The van der Waals surface area contributed by atoms with Gasteiger partial charge in [0, 0.05) is 31.7 Å². The number of carbonyl (C=O) groups is 1. The Morgan fingerprint density at radius 1 is 1.35 bits per heavy atom. The zero-order chi connectivity index (χ0) is 14.4. The molecule has 0 aromatic heterocycles. The molecule has 0 heterocycles. The fraction of sp³-hybridized carbons (Fsp3) is 0.938. The fourth-order valence-electron chi connectivity index (χ4n) is 3.51. The van der Waals surface area contributed by atoms with E-state index in [9.17, 15) is 4.79 Å². The highest BCUT2D eigenvalue weighted by atomic mass is 16.5. The Bertz CT molecular complexity index is 316. The van der Waals surface area contributed by atoms with Crippen LogP contribution in [0.3, 0.4) is 0 Å². The molecule has 0 spiro atoms. The van der Waals surface area contributed by atoms with Crippen LogP contribution in [0.1, 0.15) is 58.3 Å². The second kappa shape index (κ2) is 7.41. The maximum Gasteiger partial charge on any atom is 0.223 e. The van der Waals surface area contributed by atoms with Gasteiger partial charge in [-0.05, 0) is 50.9 Å². The molecule has 2 saturated carbocycles. The Morgan fingerprint density at radius 3 is 2.75 bits per heavy atom. The minimum Gasteiger partial charge on any atom is -0.382 e. The molecule has 0 aromatic rings. The van der Waals surface area contributed by atoms with Crippen LogP contribution in [0.2, 0.25) is 0 Å². The Kier molecular flexibility index (Phi) is 5.85. The van der Waals surface area contributed by atoms with Gasteiger partial charge in [-0.15, -0.1) is 0 Å². The summed E-state index contributed by atoms with van der Waals surface area (Å²) in [5.74, 6) is 0.366. The molecule has 0 radical (unpaired) electrons. The van der Waals surface area contributed by atoms with Gasteiger partial charge >= 0.3 is 0 Å². The molecule has 2 unspecified atom stereocenters. The Balaban J connectivity index is 1.73. The summed E-state index contributed by atoms with van der Waals surface area (Å²) in [6, 6.07) is 0.218. The van der Waals surface area contributed by atoms with Gasteiger partial charge in [0.05, 0.1) is 0 Å². The lowest BCUT2D eigenvalue weighted by Crippen LogP contribution is -2.46. The van der Waals surface area contributed by atoms with Crippen LogP contribution in [-0.4, -0.2) is 31.7 Å². The maximum atomic E-state index is 12.3. The van der Waals surface area contributed by atoms with Crippen molar-refractivity contribution in [2.45, 2.75) is 64.3 Å². The molecule has 1 amide bonds. The molecular formula is C16H30N2O2. The molecule has 2 fully saturated rings. The van der Waals surface area contributed by atoms with Gasteiger partial charge in [-0.2, -0.15) is 0 Å². The molecule has 0 aromatic carbocycles. The molecule has 0 saturated heterocycles. The molecule has 2 atom stereocenters. The van der Waals surface area contributed by atoms with Crippen molar-refractivity contribution in [1.82, 2.24) is 5.32 Å². The highest BCUT2D eigenvalue weighted by molar-refractivity contribution is 5.78. The standard InChI is InChI=1S/C16H30N2O2/c1-2-20-10-9-16(7-4-8-16)12-18-15(19)13-5-3-6-14(17)11-13/h13-14H,2-12,17H2,1H3,(H,18,19). The van der Waals surface area contributed by atoms with Crippen LogP contribution in [0.25, 0.3) is 0 Å². The maximum absolute atomic E-state index is 12.3. The van der Waals surface area contributed by atoms with Crippen LogP contribution in [0.5, 0.6) is 0 Å². The third-order valence-electron chi connectivity index (χ3n) is 5.12. The monoisotopic (exact) mass is 282 g/mol. The number of carbonyl (C=O) groups excluding carboxylic acids is 1. The number of nitrogens with one attached hydrogen (secondary N) is 1. The molecule has 2 rings (SSSR count). The summed E-state index contributed by atoms with van der Waals surface area (Å²) in [5, 5.41) is 3.19. The highest BCUT2D eigenvalue weighted by Gasteiger charge is 2.37. The van der Waals surface area contributed by atoms with Crippen molar-refractivity contribution in [3.63, 3.8) is 0 Å². The first-order valence-electron chi connectivity index (χ1n) is 8.26. The van der Waals surface area contributed by atoms with Crippen LogP contribution in [0, 0.1) is 11.3 Å². The van der Waals surface area contributed by atoms with E-state index in [0.717, 1.165) is 51.9 Å². The van der Waals surface area contributed by atoms with Gasteiger partial charge in [-0.1, -0.05) is 12.8 Å². The molecule has 4 nitrogen and oxygen atoms in total. The predicted molar refractivity (Wildman–Crippen MR) is 80.3 cm³/mol. The third kappa shape index (κ3) is 4.19. The van der Waals surface area contributed by atoms with Crippen molar-refractivity contribution in [3.05, 3.63) is 0 Å². The van der Waals surface area contributed by atoms with Gasteiger partial charge in [0.15, 0.2) is 0 Å². The lowest BCUT2D eigenvalue weighted by Gasteiger charge is -2.42. The highest BCUT2D eigenvalue weighted by Crippen LogP contribution is 2.43. The van der Waals surface area contributed by atoms with Gasteiger partial charge in [0.2, 0.25) is 5.91 Å². The average Bonchev–Trinajstić information content (AvgIpc) is 2.40. The van der Waals surface area contributed by atoms with Gasteiger partial charge in [0.25, 0.3) is 0 Å². The Hall–Kier alpha value is -0.610. The van der Waals surface area contributed by atoms with Crippen LogP contribution in [-0.2, 0) is 9.53 Å². The van der Waals surface area contributed by atoms with Gasteiger partial charge in [0.1, 0.15) is 0 Å². The molecule has 2 aliphatic carbocycles. The van der Waals surface area contributed by atoms with E-state index in [1.54, 1.807) is 0 Å². The van der Waals surface area contributed by atoms with Crippen LogP contribution in [0.4, 0.5) is 0 Å². The third-order valence-corrected chi connectivity index (χ3v) is 5.12. The zero-order valence-electron chi connectivity index (χ0n) is 12.8. The molecule has 0 bridgehead atoms. The number of hydrogen-bond acceptors (Lipinski definition) is 3. The predicted octanol–water partition coefficient (Wildman–Crippen LogP) is 2.22. The Morgan fingerprint density at radius 2 is 2.15 bits per heavy atom. The summed E-state index contributed by atoms with van der Waals surface area (Å²) in [6.45, 7) is 4.45. The minimum absolute atomic E-state index is 0.141. The summed E-state index contributed by atoms with van der Waals surface area (Å²) in [7, 11) is 0. The average molecular weight is 282 g/mol. The molecule has 0 aliphatic heterocycles. The first-order chi connectivity index (χ1) is 9.65.